The van der Waals surface area contributed by atoms with Gasteiger partial charge in [-0.05, 0) is 85.4 Å². The molecule has 0 radical (unpaired) electrons. The smallest absolute Gasteiger partial charge is 0.163 e. The van der Waals surface area contributed by atoms with E-state index in [1.165, 1.54) is 36.6 Å². The van der Waals surface area contributed by atoms with Crippen LogP contribution in [0.2, 0.25) is 5.02 Å². The third kappa shape index (κ3) is 4.70. The first-order chi connectivity index (χ1) is 14.1. The maximum absolute atomic E-state index is 12.7. The zero-order chi connectivity index (χ0) is 20.2. The second kappa shape index (κ2) is 9.09. The van der Waals surface area contributed by atoms with Gasteiger partial charge in [-0.15, -0.1) is 0 Å². The number of fused-ring (bicyclic) bond motifs is 1. The maximum Gasteiger partial charge on any atom is 0.163 e. The van der Waals surface area contributed by atoms with E-state index in [1.54, 1.807) is 12.1 Å². The van der Waals surface area contributed by atoms with E-state index in [-0.39, 0.29) is 5.78 Å². The summed E-state index contributed by atoms with van der Waals surface area (Å²) in [4.78, 5) is 17.4. The van der Waals surface area contributed by atoms with Crippen LogP contribution in [-0.2, 0) is 0 Å². The molecule has 0 aliphatic heterocycles. The van der Waals surface area contributed by atoms with E-state index in [0.717, 1.165) is 17.5 Å². The standard InChI is InChI=1S/C26H28ClNO/c1-2-18(16-26(29)21-11-13-24(27)14-12-21)19-7-9-20(10-8-19)23-15-22-5-3-4-6-25(22)28-17-23/h3-6,11-15,17-20H,2,7-10,16H2,1H3/t18-,19?,20?/m0/s1. The molecule has 1 aliphatic rings. The van der Waals surface area contributed by atoms with Crippen LogP contribution in [-0.4, -0.2) is 10.8 Å². The van der Waals surface area contributed by atoms with Crippen LogP contribution in [0.3, 0.4) is 0 Å². The van der Waals surface area contributed by atoms with Crippen LogP contribution in [0.25, 0.3) is 10.9 Å². The molecule has 2 nitrogen and oxygen atoms in total. The zero-order valence-electron chi connectivity index (χ0n) is 17.0. The first-order valence-corrected chi connectivity index (χ1v) is 11.1. The molecule has 0 N–H and O–H groups in total. The minimum atomic E-state index is 0.245. The summed E-state index contributed by atoms with van der Waals surface area (Å²) in [6, 6.07) is 17.9. The largest absolute Gasteiger partial charge is 0.294 e. The fourth-order valence-corrected chi connectivity index (χ4v) is 5.00. The van der Waals surface area contributed by atoms with Crippen LogP contribution < -0.4 is 0 Å². The van der Waals surface area contributed by atoms with Crippen LogP contribution in [0, 0.1) is 11.8 Å². The Morgan fingerprint density at radius 1 is 1.07 bits per heavy atom. The molecule has 0 amide bonds. The van der Waals surface area contributed by atoms with Crippen LogP contribution >= 0.6 is 11.6 Å². The number of hydrogen-bond acceptors (Lipinski definition) is 2. The number of aromatic nitrogens is 1. The lowest BCUT2D eigenvalue weighted by Gasteiger charge is -2.33. The second-order valence-corrected chi connectivity index (χ2v) is 8.81. The molecule has 2 aromatic carbocycles. The van der Waals surface area contributed by atoms with Gasteiger partial charge in [-0.25, -0.2) is 0 Å². The first-order valence-electron chi connectivity index (χ1n) is 10.8. The predicted octanol–water partition coefficient (Wildman–Crippen LogP) is 7.46. The molecule has 4 rings (SSSR count). The number of nitrogens with zero attached hydrogens (tertiary/aromatic N) is 1. The van der Waals surface area contributed by atoms with Crippen molar-refractivity contribution >= 4 is 28.3 Å². The van der Waals surface area contributed by atoms with Crippen molar-refractivity contribution in [2.75, 3.05) is 0 Å². The van der Waals surface area contributed by atoms with E-state index >= 15 is 0 Å². The Morgan fingerprint density at radius 2 is 1.79 bits per heavy atom. The number of carbonyl (C=O) groups excluding carboxylic acids is 1. The molecule has 3 aromatic rings. The molecule has 3 heteroatoms. The summed E-state index contributed by atoms with van der Waals surface area (Å²) in [6.45, 7) is 2.22. The Hall–Kier alpha value is -2.19. The van der Waals surface area contributed by atoms with Gasteiger partial charge >= 0.3 is 0 Å². The summed E-state index contributed by atoms with van der Waals surface area (Å²) < 4.78 is 0. The summed E-state index contributed by atoms with van der Waals surface area (Å²) in [5.74, 6) is 1.94. The van der Waals surface area contributed by atoms with Gasteiger partial charge < -0.3 is 0 Å². The summed E-state index contributed by atoms with van der Waals surface area (Å²) in [7, 11) is 0. The molecule has 1 saturated carbocycles. The lowest BCUT2D eigenvalue weighted by Crippen LogP contribution is -2.23. The third-order valence-corrected chi connectivity index (χ3v) is 6.91. The minimum absolute atomic E-state index is 0.245. The summed E-state index contributed by atoms with van der Waals surface area (Å²) in [5, 5.41) is 1.90. The normalized spacial score (nSPS) is 20.5. The van der Waals surface area contributed by atoms with E-state index in [1.807, 2.05) is 18.2 Å². The number of halogens is 1. The van der Waals surface area contributed by atoms with Crippen molar-refractivity contribution in [3.8, 4) is 0 Å². The monoisotopic (exact) mass is 405 g/mol. The molecule has 1 fully saturated rings. The van der Waals surface area contributed by atoms with Gasteiger partial charge in [0.25, 0.3) is 0 Å². The van der Waals surface area contributed by atoms with Crippen molar-refractivity contribution in [2.45, 2.75) is 51.4 Å². The Bertz CT molecular complexity index is 973. The molecule has 1 heterocycles. The second-order valence-electron chi connectivity index (χ2n) is 8.38. The fraction of sp³-hybridized carbons (Fsp3) is 0.385. The molecule has 0 saturated heterocycles. The average Bonchev–Trinajstić information content (AvgIpc) is 2.77. The number of benzene rings is 2. The van der Waals surface area contributed by atoms with Gasteiger partial charge in [-0.2, -0.15) is 0 Å². The quantitative estimate of drug-likeness (QED) is 0.398. The highest BCUT2D eigenvalue weighted by Gasteiger charge is 2.29. The fourth-order valence-electron chi connectivity index (χ4n) is 4.87. The Balaban J connectivity index is 1.38. The van der Waals surface area contributed by atoms with E-state index in [4.69, 9.17) is 11.6 Å². The lowest BCUT2D eigenvalue weighted by atomic mass is 9.72. The number of hydrogen-bond donors (Lipinski definition) is 0. The molecule has 29 heavy (non-hydrogen) atoms. The van der Waals surface area contributed by atoms with Gasteiger partial charge in [-0.3, -0.25) is 9.78 Å². The molecule has 0 bridgehead atoms. The maximum atomic E-state index is 12.7. The molecular formula is C26H28ClNO. The molecule has 1 aliphatic carbocycles. The number of carbonyl (C=O) groups is 1. The van der Waals surface area contributed by atoms with Crippen LogP contribution in [0.15, 0.2) is 60.8 Å². The van der Waals surface area contributed by atoms with Crippen LogP contribution in [0.1, 0.15) is 67.3 Å². The molecule has 0 unspecified atom stereocenters. The average molecular weight is 406 g/mol. The Labute approximate surface area is 178 Å². The molecule has 150 valence electrons. The van der Waals surface area contributed by atoms with Crippen molar-refractivity contribution in [3.63, 3.8) is 0 Å². The zero-order valence-corrected chi connectivity index (χ0v) is 17.7. The molecule has 0 spiro atoms. The van der Waals surface area contributed by atoms with Gasteiger partial charge in [0.1, 0.15) is 0 Å². The third-order valence-electron chi connectivity index (χ3n) is 6.66. The van der Waals surface area contributed by atoms with Crippen LogP contribution in [0.4, 0.5) is 0 Å². The number of ketones is 1. The van der Waals surface area contributed by atoms with Crippen molar-refractivity contribution in [1.29, 1.82) is 0 Å². The topological polar surface area (TPSA) is 30.0 Å². The van der Waals surface area contributed by atoms with Gasteiger partial charge in [0.2, 0.25) is 0 Å². The van der Waals surface area contributed by atoms with Gasteiger partial charge in [0, 0.05) is 28.6 Å². The van der Waals surface area contributed by atoms with Crippen LogP contribution in [0.5, 0.6) is 0 Å². The van der Waals surface area contributed by atoms with E-state index < -0.39 is 0 Å². The Morgan fingerprint density at radius 3 is 2.52 bits per heavy atom. The van der Waals surface area contributed by atoms with Crippen molar-refractivity contribution < 1.29 is 4.79 Å². The highest BCUT2D eigenvalue weighted by Crippen LogP contribution is 2.41. The summed E-state index contributed by atoms with van der Waals surface area (Å²) in [6.07, 6.45) is 8.55. The van der Waals surface area contributed by atoms with E-state index in [0.29, 0.717) is 29.2 Å². The van der Waals surface area contributed by atoms with E-state index in [9.17, 15) is 4.79 Å². The van der Waals surface area contributed by atoms with Gasteiger partial charge in [-0.1, -0.05) is 43.1 Å². The van der Waals surface area contributed by atoms with Crippen molar-refractivity contribution in [1.82, 2.24) is 4.98 Å². The minimum Gasteiger partial charge on any atom is -0.294 e. The number of rotatable bonds is 6. The summed E-state index contributed by atoms with van der Waals surface area (Å²) >= 11 is 5.95. The van der Waals surface area contributed by atoms with Gasteiger partial charge in [0.15, 0.2) is 5.78 Å². The molecular weight excluding hydrogens is 378 g/mol. The highest BCUT2D eigenvalue weighted by molar-refractivity contribution is 6.30. The molecule has 1 aromatic heterocycles. The van der Waals surface area contributed by atoms with Crippen molar-refractivity contribution in [2.24, 2.45) is 11.8 Å². The number of para-hydroxylation sites is 1. The number of pyridine rings is 1. The van der Waals surface area contributed by atoms with E-state index in [2.05, 4.69) is 42.4 Å². The number of Topliss-reactive ketones (excluding diaryl/α,β-unsaturated/α-hetero) is 1. The van der Waals surface area contributed by atoms with Gasteiger partial charge in [0.05, 0.1) is 5.52 Å². The summed E-state index contributed by atoms with van der Waals surface area (Å²) in [5.41, 5.74) is 3.22. The molecule has 1 atom stereocenters. The SMILES string of the molecule is CC[C@@H](CC(=O)c1ccc(Cl)cc1)C1CCC(c2cnc3ccccc3c2)CC1. The van der Waals surface area contributed by atoms with Crippen molar-refractivity contribution in [3.05, 3.63) is 76.9 Å². The highest BCUT2D eigenvalue weighted by atomic mass is 35.5. The predicted molar refractivity (Wildman–Crippen MR) is 121 cm³/mol. The first kappa shape index (κ1) is 20.1. The lowest BCUT2D eigenvalue weighted by molar-refractivity contribution is 0.0926. The Kier molecular flexibility index (Phi) is 6.30.